The van der Waals surface area contributed by atoms with Gasteiger partial charge in [0.05, 0.1) is 0 Å². The van der Waals surface area contributed by atoms with Crippen LogP contribution < -0.4 is 5.32 Å². The fourth-order valence-corrected chi connectivity index (χ4v) is 1.10. The normalized spacial score (nSPS) is 9.93. The number of alkyl halides is 1. The first-order valence-electron chi connectivity index (χ1n) is 4.43. The minimum Gasteiger partial charge on any atom is -0.350 e. The van der Waals surface area contributed by atoms with Crippen LogP contribution in [0.4, 0.5) is 0 Å². The lowest BCUT2D eigenvalue weighted by atomic mass is 10.2. The van der Waals surface area contributed by atoms with E-state index in [4.69, 9.17) is 11.6 Å². The second kappa shape index (κ2) is 4.96. The van der Waals surface area contributed by atoms with Gasteiger partial charge in [0.15, 0.2) is 0 Å². The number of amides is 1. The number of carbonyl (C=O) groups is 1. The van der Waals surface area contributed by atoms with E-state index in [1.807, 2.05) is 19.9 Å². The Labute approximate surface area is 88.5 Å². The van der Waals surface area contributed by atoms with E-state index in [1.54, 1.807) is 6.07 Å². The molecule has 0 aliphatic carbocycles. The molecule has 76 valence electrons. The summed E-state index contributed by atoms with van der Waals surface area (Å²) < 4.78 is 0. The van der Waals surface area contributed by atoms with Crippen LogP contribution in [-0.4, -0.2) is 23.3 Å². The number of halogens is 1. The molecular weight excluding hydrogens is 200 g/mol. The highest BCUT2D eigenvalue weighted by molar-refractivity contribution is 6.18. The van der Waals surface area contributed by atoms with Gasteiger partial charge in [-0.1, -0.05) is 6.07 Å². The van der Waals surface area contributed by atoms with E-state index in [9.17, 15) is 4.79 Å². The molecule has 4 heteroatoms. The van der Waals surface area contributed by atoms with Crippen LogP contribution in [0, 0.1) is 13.8 Å². The highest BCUT2D eigenvalue weighted by Gasteiger charge is 2.06. The maximum Gasteiger partial charge on any atom is 0.269 e. The Morgan fingerprint density at radius 3 is 2.79 bits per heavy atom. The number of nitrogens with one attached hydrogen (secondary N) is 1. The van der Waals surface area contributed by atoms with Crippen LogP contribution in [-0.2, 0) is 0 Å². The summed E-state index contributed by atoms with van der Waals surface area (Å²) in [4.78, 5) is 15.6. The van der Waals surface area contributed by atoms with E-state index in [0.717, 1.165) is 11.3 Å². The SMILES string of the molecule is Cc1ccc(C(=O)NCCCl)nc1C. The van der Waals surface area contributed by atoms with E-state index >= 15 is 0 Å². The molecule has 1 aromatic heterocycles. The molecular formula is C10H13ClN2O. The van der Waals surface area contributed by atoms with E-state index in [-0.39, 0.29) is 5.91 Å². The number of aryl methyl sites for hydroxylation is 2. The number of nitrogens with zero attached hydrogens (tertiary/aromatic N) is 1. The van der Waals surface area contributed by atoms with Crippen LogP contribution in [0.15, 0.2) is 12.1 Å². The minimum absolute atomic E-state index is 0.172. The van der Waals surface area contributed by atoms with Gasteiger partial charge in [0.25, 0.3) is 5.91 Å². The number of hydrogen-bond donors (Lipinski definition) is 1. The fourth-order valence-electron chi connectivity index (χ4n) is 1.01. The lowest BCUT2D eigenvalue weighted by Gasteiger charge is -2.04. The molecule has 3 nitrogen and oxygen atoms in total. The van der Waals surface area contributed by atoms with Crippen LogP contribution in [0.2, 0.25) is 0 Å². The molecule has 1 N–H and O–H groups in total. The number of hydrogen-bond acceptors (Lipinski definition) is 2. The summed E-state index contributed by atoms with van der Waals surface area (Å²) >= 11 is 5.45. The van der Waals surface area contributed by atoms with E-state index in [2.05, 4.69) is 10.3 Å². The van der Waals surface area contributed by atoms with Gasteiger partial charge in [-0.15, -0.1) is 11.6 Å². The van der Waals surface area contributed by atoms with Crippen molar-refractivity contribution in [2.24, 2.45) is 0 Å². The Hall–Kier alpha value is -1.09. The minimum atomic E-state index is -0.172. The van der Waals surface area contributed by atoms with Crippen molar-refractivity contribution in [3.05, 3.63) is 29.1 Å². The quantitative estimate of drug-likeness (QED) is 0.775. The Balaban J connectivity index is 2.76. The Kier molecular flexibility index (Phi) is 3.89. The van der Waals surface area contributed by atoms with Crippen LogP contribution in [0.5, 0.6) is 0 Å². The van der Waals surface area contributed by atoms with Crippen molar-refractivity contribution in [2.45, 2.75) is 13.8 Å². The van der Waals surface area contributed by atoms with Gasteiger partial charge in [-0.05, 0) is 25.5 Å². The fraction of sp³-hybridized carbons (Fsp3) is 0.400. The molecule has 0 unspecified atom stereocenters. The van der Waals surface area contributed by atoms with Gasteiger partial charge in [-0.2, -0.15) is 0 Å². The van der Waals surface area contributed by atoms with Crippen LogP contribution in [0.25, 0.3) is 0 Å². The maximum absolute atomic E-state index is 11.4. The van der Waals surface area contributed by atoms with Crippen LogP contribution >= 0.6 is 11.6 Å². The monoisotopic (exact) mass is 212 g/mol. The third-order valence-corrected chi connectivity index (χ3v) is 2.15. The predicted octanol–water partition coefficient (Wildman–Crippen LogP) is 1.67. The Morgan fingerprint density at radius 2 is 2.21 bits per heavy atom. The summed E-state index contributed by atoms with van der Waals surface area (Å²) in [5, 5.41) is 2.66. The largest absolute Gasteiger partial charge is 0.350 e. The topological polar surface area (TPSA) is 42.0 Å². The first-order chi connectivity index (χ1) is 6.65. The van der Waals surface area contributed by atoms with E-state index < -0.39 is 0 Å². The molecule has 1 heterocycles. The summed E-state index contributed by atoms with van der Waals surface area (Å²) in [6, 6.07) is 3.60. The van der Waals surface area contributed by atoms with Crippen LogP contribution in [0.1, 0.15) is 21.7 Å². The molecule has 1 aromatic rings. The Morgan fingerprint density at radius 1 is 1.50 bits per heavy atom. The number of aromatic nitrogens is 1. The molecule has 0 spiro atoms. The second-order valence-electron chi connectivity index (χ2n) is 3.04. The van der Waals surface area contributed by atoms with Crippen molar-refractivity contribution in [3.8, 4) is 0 Å². The Bertz CT molecular complexity index is 339. The number of pyridine rings is 1. The van der Waals surface area contributed by atoms with E-state index in [1.165, 1.54) is 0 Å². The molecule has 0 fully saturated rings. The number of rotatable bonds is 3. The summed E-state index contributed by atoms with van der Waals surface area (Å²) in [5.74, 6) is 0.241. The summed E-state index contributed by atoms with van der Waals surface area (Å²) in [6.45, 7) is 4.31. The van der Waals surface area contributed by atoms with E-state index in [0.29, 0.717) is 18.1 Å². The average Bonchev–Trinajstić information content (AvgIpc) is 2.18. The number of carbonyl (C=O) groups excluding carboxylic acids is 1. The maximum atomic E-state index is 11.4. The lowest BCUT2D eigenvalue weighted by molar-refractivity contribution is 0.0951. The van der Waals surface area contributed by atoms with Gasteiger partial charge in [0.2, 0.25) is 0 Å². The second-order valence-corrected chi connectivity index (χ2v) is 3.42. The van der Waals surface area contributed by atoms with Gasteiger partial charge < -0.3 is 5.32 Å². The smallest absolute Gasteiger partial charge is 0.269 e. The van der Waals surface area contributed by atoms with Gasteiger partial charge in [-0.25, -0.2) is 4.98 Å². The van der Waals surface area contributed by atoms with Gasteiger partial charge in [0, 0.05) is 18.1 Å². The highest BCUT2D eigenvalue weighted by atomic mass is 35.5. The molecule has 0 aromatic carbocycles. The standard InChI is InChI=1S/C10H13ClN2O/c1-7-3-4-9(13-8(7)2)10(14)12-6-5-11/h3-4H,5-6H2,1-2H3,(H,12,14). The van der Waals surface area contributed by atoms with Crippen molar-refractivity contribution in [1.82, 2.24) is 10.3 Å². The van der Waals surface area contributed by atoms with Gasteiger partial charge in [0.1, 0.15) is 5.69 Å². The first-order valence-corrected chi connectivity index (χ1v) is 4.97. The summed E-state index contributed by atoms with van der Waals surface area (Å²) in [6.07, 6.45) is 0. The zero-order valence-corrected chi connectivity index (χ0v) is 9.06. The molecule has 0 aliphatic heterocycles. The molecule has 0 saturated carbocycles. The molecule has 1 amide bonds. The van der Waals surface area contributed by atoms with Gasteiger partial charge >= 0.3 is 0 Å². The van der Waals surface area contributed by atoms with Crippen molar-refractivity contribution in [2.75, 3.05) is 12.4 Å². The van der Waals surface area contributed by atoms with Crippen molar-refractivity contribution < 1.29 is 4.79 Å². The van der Waals surface area contributed by atoms with Crippen molar-refractivity contribution in [3.63, 3.8) is 0 Å². The lowest BCUT2D eigenvalue weighted by Crippen LogP contribution is -2.26. The molecule has 1 rings (SSSR count). The molecule has 0 saturated heterocycles. The zero-order chi connectivity index (χ0) is 10.6. The molecule has 0 radical (unpaired) electrons. The summed E-state index contributed by atoms with van der Waals surface area (Å²) in [5.41, 5.74) is 2.40. The summed E-state index contributed by atoms with van der Waals surface area (Å²) in [7, 11) is 0. The average molecular weight is 213 g/mol. The highest BCUT2D eigenvalue weighted by Crippen LogP contribution is 2.04. The predicted molar refractivity (Wildman–Crippen MR) is 56.8 cm³/mol. The third kappa shape index (κ3) is 2.70. The van der Waals surface area contributed by atoms with Crippen LogP contribution in [0.3, 0.4) is 0 Å². The van der Waals surface area contributed by atoms with Gasteiger partial charge in [-0.3, -0.25) is 4.79 Å². The zero-order valence-electron chi connectivity index (χ0n) is 8.30. The van der Waals surface area contributed by atoms with Crippen molar-refractivity contribution >= 4 is 17.5 Å². The van der Waals surface area contributed by atoms with Crippen molar-refractivity contribution in [1.29, 1.82) is 0 Å². The molecule has 0 bridgehead atoms. The molecule has 0 atom stereocenters. The first kappa shape index (κ1) is 11.0. The third-order valence-electron chi connectivity index (χ3n) is 1.96. The molecule has 0 aliphatic rings. The molecule has 14 heavy (non-hydrogen) atoms.